The molecule has 0 aliphatic heterocycles. The van der Waals surface area contributed by atoms with Crippen molar-refractivity contribution < 1.29 is 29.4 Å². The van der Waals surface area contributed by atoms with Crippen LogP contribution in [0, 0.1) is 5.92 Å². The Morgan fingerprint density at radius 3 is 2.16 bits per heavy atom. The fourth-order valence-corrected chi connectivity index (χ4v) is 4.73. The maximum absolute atomic E-state index is 13.0. The first-order chi connectivity index (χ1) is 15.4. The second-order valence-electron chi connectivity index (χ2n) is 6.71. The van der Waals surface area contributed by atoms with E-state index in [4.69, 9.17) is 5.11 Å². The molecule has 0 aliphatic carbocycles. The Morgan fingerprint density at radius 1 is 0.938 bits per heavy atom. The van der Waals surface area contributed by atoms with Crippen LogP contribution in [0.5, 0.6) is 0 Å². The van der Waals surface area contributed by atoms with E-state index >= 15 is 0 Å². The van der Waals surface area contributed by atoms with E-state index in [1.165, 1.54) is 26.1 Å². The summed E-state index contributed by atoms with van der Waals surface area (Å²) >= 11 is 0. The van der Waals surface area contributed by atoms with E-state index in [1.54, 1.807) is 30.3 Å². The van der Waals surface area contributed by atoms with Gasteiger partial charge >= 0.3 is 11.9 Å². The van der Waals surface area contributed by atoms with Crippen molar-refractivity contribution in [2.24, 2.45) is 5.92 Å². The first kappa shape index (κ1) is 25.3. The molecule has 2 aromatic carbocycles. The van der Waals surface area contributed by atoms with Crippen LogP contribution in [0.2, 0.25) is 0 Å². The Kier molecular flexibility index (Phi) is 10.6. The molecule has 8 nitrogen and oxygen atoms in total. The van der Waals surface area contributed by atoms with Gasteiger partial charge in [-0.3, -0.25) is 23.5 Å². The summed E-state index contributed by atoms with van der Waals surface area (Å²) in [6, 6.07) is 18.1. The molecule has 3 N–H and O–H groups in total. The number of hydrogen-bond donors (Lipinski definition) is 3. The number of carboxylic acids is 2. The van der Waals surface area contributed by atoms with Crippen molar-refractivity contribution in [3.63, 3.8) is 0 Å². The van der Waals surface area contributed by atoms with Gasteiger partial charge in [0.25, 0.3) is 5.91 Å². The van der Waals surface area contributed by atoms with Crippen molar-refractivity contribution in [2.45, 2.75) is 24.2 Å². The van der Waals surface area contributed by atoms with Gasteiger partial charge in [-0.25, -0.2) is 0 Å². The van der Waals surface area contributed by atoms with Crippen LogP contribution < -0.4 is 5.32 Å². The number of amides is 2. The molecule has 0 bridgehead atoms. The molecule has 2 amide bonds. The summed E-state index contributed by atoms with van der Waals surface area (Å²) in [6.45, 7) is 0.109. The molecule has 0 spiro atoms. The molecule has 0 saturated heterocycles. The normalized spacial score (nSPS) is 11.4. The topological polar surface area (TPSA) is 124 Å². The summed E-state index contributed by atoms with van der Waals surface area (Å²) in [7, 11) is 2.54. The molecule has 2 aromatic rings. The molecule has 0 fully saturated rings. The van der Waals surface area contributed by atoms with Gasteiger partial charge in [-0.05, 0) is 47.9 Å². The zero-order valence-electron chi connectivity index (χ0n) is 17.2. The van der Waals surface area contributed by atoms with Gasteiger partial charge < -0.3 is 15.5 Å². The standard InChI is InChI=1S/C22H24N2O6S2/c25-19(26)12-7-14-23-20(27)18(22(29)30)13-15-24(21(28)16-8-3-1-4-9-16)32-31-17-10-5-2-6-11-17/h1-6,8-11,18H,7,12-15H2,(H,23,27)(H,25,26)(H,29,30). The van der Waals surface area contributed by atoms with E-state index in [0.717, 1.165) is 4.90 Å². The van der Waals surface area contributed by atoms with E-state index in [0.29, 0.717) is 5.56 Å². The van der Waals surface area contributed by atoms with E-state index < -0.39 is 23.8 Å². The lowest BCUT2D eigenvalue weighted by Gasteiger charge is -2.22. The van der Waals surface area contributed by atoms with Gasteiger partial charge in [-0.15, -0.1) is 0 Å². The average molecular weight is 477 g/mol. The molecule has 0 aromatic heterocycles. The molecule has 1 unspecified atom stereocenters. The molecule has 0 heterocycles. The van der Waals surface area contributed by atoms with E-state index in [-0.39, 0.29) is 38.3 Å². The lowest BCUT2D eigenvalue weighted by atomic mass is 10.0. The van der Waals surface area contributed by atoms with Crippen LogP contribution in [0.15, 0.2) is 65.6 Å². The van der Waals surface area contributed by atoms with E-state index in [1.807, 2.05) is 30.3 Å². The summed E-state index contributed by atoms with van der Waals surface area (Å²) in [6.07, 6.45) is 0.00133. The van der Waals surface area contributed by atoms with Gasteiger partial charge in [0.05, 0.1) is 0 Å². The molecule has 0 saturated carbocycles. The lowest BCUT2D eigenvalue weighted by molar-refractivity contribution is -0.147. The molecule has 10 heteroatoms. The molecule has 2 rings (SSSR count). The molecular formula is C22H24N2O6S2. The maximum atomic E-state index is 13.0. The second kappa shape index (κ2) is 13.4. The van der Waals surface area contributed by atoms with Crippen LogP contribution in [0.1, 0.15) is 29.6 Å². The zero-order chi connectivity index (χ0) is 23.3. The maximum Gasteiger partial charge on any atom is 0.316 e. The van der Waals surface area contributed by atoms with Crippen LogP contribution >= 0.6 is 21.8 Å². The molecule has 1 atom stereocenters. The smallest absolute Gasteiger partial charge is 0.316 e. The third kappa shape index (κ3) is 8.64. The summed E-state index contributed by atoms with van der Waals surface area (Å²) in [5.74, 6) is -4.63. The van der Waals surface area contributed by atoms with Gasteiger partial charge in [0.15, 0.2) is 0 Å². The number of rotatable bonds is 13. The Balaban J connectivity index is 2.03. The van der Waals surface area contributed by atoms with Gasteiger partial charge in [0.2, 0.25) is 5.91 Å². The Bertz CT molecular complexity index is 911. The number of nitrogens with zero attached hydrogens (tertiary/aromatic N) is 1. The van der Waals surface area contributed by atoms with Crippen molar-refractivity contribution in [1.82, 2.24) is 9.62 Å². The van der Waals surface area contributed by atoms with Gasteiger partial charge in [-0.2, -0.15) is 0 Å². The minimum absolute atomic E-state index is 0.0394. The number of nitrogens with one attached hydrogen (secondary N) is 1. The molecule has 0 aliphatic rings. The van der Waals surface area contributed by atoms with Gasteiger partial charge in [-0.1, -0.05) is 36.4 Å². The lowest BCUT2D eigenvalue weighted by Crippen LogP contribution is -2.38. The van der Waals surface area contributed by atoms with Crippen LogP contribution in [0.4, 0.5) is 0 Å². The largest absolute Gasteiger partial charge is 0.481 e. The van der Waals surface area contributed by atoms with Crippen LogP contribution in [0.25, 0.3) is 0 Å². The third-order valence-electron chi connectivity index (χ3n) is 4.32. The van der Waals surface area contributed by atoms with E-state index in [2.05, 4.69) is 5.32 Å². The van der Waals surface area contributed by atoms with Crippen molar-refractivity contribution in [3.8, 4) is 0 Å². The zero-order valence-corrected chi connectivity index (χ0v) is 18.8. The Hall–Kier alpha value is -2.98. The number of hydrogen-bond acceptors (Lipinski definition) is 6. The number of carbonyl (C=O) groups is 4. The minimum atomic E-state index is -1.35. The number of benzene rings is 2. The highest BCUT2D eigenvalue weighted by Crippen LogP contribution is 2.35. The predicted molar refractivity (Wildman–Crippen MR) is 123 cm³/mol. The van der Waals surface area contributed by atoms with Crippen molar-refractivity contribution in [3.05, 3.63) is 66.2 Å². The summed E-state index contributed by atoms with van der Waals surface area (Å²) in [4.78, 5) is 48.4. The average Bonchev–Trinajstić information content (AvgIpc) is 2.79. The molecule has 0 radical (unpaired) electrons. The minimum Gasteiger partial charge on any atom is -0.481 e. The van der Waals surface area contributed by atoms with E-state index in [9.17, 15) is 24.3 Å². The Morgan fingerprint density at radius 2 is 1.56 bits per heavy atom. The van der Waals surface area contributed by atoms with Crippen LogP contribution in [-0.2, 0) is 14.4 Å². The van der Waals surface area contributed by atoms with Crippen molar-refractivity contribution in [1.29, 1.82) is 0 Å². The quantitative estimate of drug-likeness (QED) is 0.174. The third-order valence-corrected chi connectivity index (χ3v) is 6.72. The fraction of sp³-hybridized carbons (Fsp3) is 0.273. The summed E-state index contributed by atoms with van der Waals surface area (Å²) < 4.78 is 1.45. The highest BCUT2D eigenvalue weighted by molar-refractivity contribution is 8.75. The predicted octanol–water partition coefficient (Wildman–Crippen LogP) is 3.56. The van der Waals surface area contributed by atoms with Crippen LogP contribution in [0.3, 0.4) is 0 Å². The fourth-order valence-electron chi connectivity index (χ4n) is 2.65. The second-order valence-corrected chi connectivity index (χ2v) is 8.89. The Labute approximate surface area is 193 Å². The summed E-state index contributed by atoms with van der Waals surface area (Å²) in [5.41, 5.74) is 0.457. The molecular weight excluding hydrogens is 452 g/mol. The van der Waals surface area contributed by atoms with Crippen molar-refractivity contribution in [2.75, 3.05) is 13.1 Å². The first-order valence-electron chi connectivity index (χ1n) is 9.87. The highest BCUT2D eigenvalue weighted by Gasteiger charge is 2.28. The molecule has 170 valence electrons. The number of carboxylic acid groups (broad SMARTS) is 2. The highest BCUT2D eigenvalue weighted by atomic mass is 33.1. The van der Waals surface area contributed by atoms with Crippen LogP contribution in [-0.4, -0.2) is 51.4 Å². The van der Waals surface area contributed by atoms with Gasteiger partial charge in [0, 0.05) is 40.9 Å². The van der Waals surface area contributed by atoms with Gasteiger partial charge in [0.1, 0.15) is 5.92 Å². The van der Waals surface area contributed by atoms with Crippen molar-refractivity contribution >= 4 is 45.5 Å². The SMILES string of the molecule is O=C(O)CCCNC(=O)C(CCN(SSc1ccccc1)C(=O)c1ccccc1)C(=O)O. The molecule has 32 heavy (non-hydrogen) atoms. The monoisotopic (exact) mass is 476 g/mol. The number of aliphatic carboxylic acids is 2. The first-order valence-corrected chi connectivity index (χ1v) is 12.0. The summed E-state index contributed by atoms with van der Waals surface area (Å²) in [5, 5.41) is 20.6. The number of carbonyl (C=O) groups excluding carboxylic acids is 2.